The molecule has 9 nitrogen and oxygen atoms in total. The molecule has 0 saturated carbocycles. The number of phosphoric ester groups is 1. The highest BCUT2D eigenvalue weighted by molar-refractivity contribution is 7.47. The molecule has 0 aliphatic rings. The first kappa shape index (κ1) is 73.0. The van der Waals surface area contributed by atoms with Gasteiger partial charge in [-0.15, -0.1) is 0 Å². The Morgan fingerprint density at radius 3 is 1.09 bits per heavy atom. The van der Waals surface area contributed by atoms with Crippen LogP contribution in [0.25, 0.3) is 0 Å². The molecule has 0 aromatic carbocycles. The summed E-state index contributed by atoms with van der Waals surface area (Å²) >= 11 is 0. The van der Waals surface area contributed by atoms with Crippen LogP contribution in [0, 0.1) is 0 Å². The number of hydrogen-bond acceptors (Lipinski definition) is 8. The molecule has 0 spiro atoms. The summed E-state index contributed by atoms with van der Waals surface area (Å²) in [5, 5.41) is 0. The van der Waals surface area contributed by atoms with Gasteiger partial charge in [-0.25, -0.2) is 4.57 Å². The number of carbonyl (C=O) groups excluding carboxylic acids is 2. The van der Waals surface area contributed by atoms with Gasteiger partial charge in [0.15, 0.2) is 6.10 Å². The van der Waals surface area contributed by atoms with Crippen molar-refractivity contribution in [2.75, 3.05) is 26.4 Å². The third kappa shape index (κ3) is 61.1. The zero-order valence-electron chi connectivity index (χ0n) is 49.3. The van der Waals surface area contributed by atoms with Crippen molar-refractivity contribution in [3.63, 3.8) is 0 Å². The van der Waals surface area contributed by atoms with E-state index in [1.165, 1.54) is 231 Å². The minimum atomic E-state index is -4.38. The van der Waals surface area contributed by atoms with Gasteiger partial charge in [0.1, 0.15) is 6.61 Å². The lowest BCUT2D eigenvalue weighted by atomic mass is 10.0. The maximum atomic E-state index is 12.7. The SMILES string of the molecule is CC/C=C\C/C=C\C/C=C\C/C=C\CCCCCCCCCCCCCCCCCCCCCCCCCCCCCCC(=O)OC(COC(=O)CCCCCCCCCCCCCCC)COP(=O)(O)OCCN. The Hall–Kier alpha value is -2.03. The number of hydrogen-bond donors (Lipinski definition) is 2. The number of allylic oxidation sites excluding steroid dienone is 8. The molecule has 0 amide bonds. The maximum absolute atomic E-state index is 12.7. The van der Waals surface area contributed by atoms with Crippen molar-refractivity contribution in [2.24, 2.45) is 5.73 Å². The highest BCUT2D eigenvalue weighted by atomic mass is 31.2. The van der Waals surface area contributed by atoms with Crippen LogP contribution in [0.1, 0.15) is 322 Å². The summed E-state index contributed by atoms with van der Waals surface area (Å²) in [5.74, 6) is -0.810. The van der Waals surface area contributed by atoms with Gasteiger partial charge in [-0.1, -0.05) is 306 Å². The van der Waals surface area contributed by atoms with Crippen molar-refractivity contribution in [2.45, 2.75) is 328 Å². The van der Waals surface area contributed by atoms with E-state index in [4.69, 9.17) is 24.3 Å². The molecule has 0 aromatic rings. The van der Waals surface area contributed by atoms with Gasteiger partial charge >= 0.3 is 19.8 Å². The van der Waals surface area contributed by atoms with Crippen LogP contribution in [0.2, 0.25) is 0 Å². The zero-order chi connectivity index (χ0) is 54.5. The van der Waals surface area contributed by atoms with Crippen molar-refractivity contribution in [3.05, 3.63) is 48.6 Å². The summed E-state index contributed by atoms with van der Waals surface area (Å²) in [4.78, 5) is 35.1. The second-order valence-corrected chi connectivity index (χ2v) is 23.1. The molecule has 0 fully saturated rings. The molecule has 440 valence electrons. The fourth-order valence-electron chi connectivity index (χ4n) is 9.51. The van der Waals surface area contributed by atoms with E-state index in [9.17, 15) is 19.0 Å². The van der Waals surface area contributed by atoms with Crippen molar-refractivity contribution >= 4 is 19.8 Å². The highest BCUT2D eigenvalue weighted by Gasteiger charge is 2.26. The number of ether oxygens (including phenoxy) is 2. The third-order valence-electron chi connectivity index (χ3n) is 14.2. The van der Waals surface area contributed by atoms with E-state index in [0.29, 0.717) is 6.42 Å². The molecule has 0 aromatic heterocycles. The molecule has 0 heterocycles. The minimum absolute atomic E-state index is 0.0565. The van der Waals surface area contributed by atoms with Crippen molar-refractivity contribution in [3.8, 4) is 0 Å². The molecule has 0 radical (unpaired) electrons. The first-order valence-corrected chi connectivity index (χ1v) is 33.6. The van der Waals surface area contributed by atoms with Gasteiger partial charge in [-0.2, -0.15) is 0 Å². The monoisotopic (exact) mass is 1080 g/mol. The van der Waals surface area contributed by atoms with Crippen molar-refractivity contribution < 1.29 is 37.6 Å². The molecule has 0 saturated heterocycles. The Balaban J connectivity index is 3.70. The van der Waals surface area contributed by atoms with Gasteiger partial charge in [0.2, 0.25) is 0 Å². The van der Waals surface area contributed by atoms with Crippen LogP contribution in [0.15, 0.2) is 48.6 Å². The van der Waals surface area contributed by atoms with E-state index in [0.717, 1.165) is 57.8 Å². The normalized spacial score (nSPS) is 13.3. The van der Waals surface area contributed by atoms with Crippen molar-refractivity contribution in [1.29, 1.82) is 0 Å². The summed E-state index contributed by atoms with van der Waals surface area (Å²) in [5.41, 5.74) is 5.38. The first-order valence-electron chi connectivity index (χ1n) is 32.1. The minimum Gasteiger partial charge on any atom is -0.462 e. The van der Waals surface area contributed by atoms with Crippen LogP contribution >= 0.6 is 7.82 Å². The molecule has 3 N–H and O–H groups in total. The van der Waals surface area contributed by atoms with Crippen LogP contribution in [-0.4, -0.2) is 49.3 Å². The predicted octanol–water partition coefficient (Wildman–Crippen LogP) is 20.5. The van der Waals surface area contributed by atoms with Crippen LogP contribution in [0.4, 0.5) is 0 Å². The van der Waals surface area contributed by atoms with Gasteiger partial charge in [-0.05, 0) is 51.4 Å². The average Bonchev–Trinajstić information content (AvgIpc) is 3.40. The molecule has 10 heteroatoms. The topological polar surface area (TPSA) is 134 Å². The highest BCUT2D eigenvalue weighted by Crippen LogP contribution is 2.43. The summed E-state index contributed by atoms with van der Waals surface area (Å²) < 4.78 is 33.0. The number of unbranched alkanes of at least 4 members (excludes halogenated alkanes) is 40. The third-order valence-corrected chi connectivity index (χ3v) is 15.2. The summed E-state index contributed by atoms with van der Waals surface area (Å²) in [6, 6.07) is 0. The molecule has 2 atom stereocenters. The van der Waals surface area contributed by atoms with Crippen LogP contribution in [0.3, 0.4) is 0 Å². The fraction of sp³-hybridized carbons (Fsp3) is 0.846. The van der Waals surface area contributed by atoms with Gasteiger partial charge in [-0.3, -0.25) is 18.6 Å². The quantitative estimate of drug-likeness (QED) is 0.0264. The zero-order valence-corrected chi connectivity index (χ0v) is 50.2. The van der Waals surface area contributed by atoms with E-state index < -0.39 is 26.5 Å². The number of rotatable bonds is 61. The molecule has 2 unspecified atom stereocenters. The molecule has 75 heavy (non-hydrogen) atoms. The average molecular weight is 1080 g/mol. The second-order valence-electron chi connectivity index (χ2n) is 21.6. The lowest BCUT2D eigenvalue weighted by Gasteiger charge is -2.19. The Bertz CT molecular complexity index is 1370. The fourth-order valence-corrected chi connectivity index (χ4v) is 10.3. The van der Waals surface area contributed by atoms with Gasteiger partial charge in [0, 0.05) is 19.4 Å². The standard InChI is InChI=1S/C65H122NO8P/c1-3-5-7-9-11-13-15-17-18-19-20-21-22-23-24-25-26-27-28-29-30-31-32-33-34-35-36-37-38-39-40-41-42-43-44-46-48-50-52-54-56-58-65(68)74-63(62-73-75(69,70)72-60-59-66)61-71-64(67)57-55-53-51-49-47-45-16-14-12-10-8-6-4-2/h5,7,11,13,17-18,20-21,63H,3-4,6,8-10,12,14-16,19,22-62,66H2,1-2H3,(H,69,70)/b7-5-,13-11-,18-17-,21-20-. The van der Waals surface area contributed by atoms with E-state index in [1.54, 1.807) is 0 Å². The molecule has 0 rings (SSSR count). The Morgan fingerprint density at radius 2 is 0.733 bits per heavy atom. The van der Waals surface area contributed by atoms with Gasteiger partial charge in [0.25, 0.3) is 0 Å². The number of esters is 2. The van der Waals surface area contributed by atoms with E-state index in [1.807, 2.05) is 0 Å². The van der Waals surface area contributed by atoms with E-state index >= 15 is 0 Å². The lowest BCUT2D eigenvalue weighted by Crippen LogP contribution is -2.29. The smallest absolute Gasteiger partial charge is 0.462 e. The first-order chi connectivity index (χ1) is 36.8. The summed E-state index contributed by atoms with van der Waals surface area (Å²) in [7, 11) is -4.38. The molecular weight excluding hydrogens is 954 g/mol. The van der Waals surface area contributed by atoms with E-state index in [-0.39, 0.29) is 38.6 Å². The molecule has 0 bridgehead atoms. The Morgan fingerprint density at radius 1 is 0.413 bits per heavy atom. The van der Waals surface area contributed by atoms with Crippen molar-refractivity contribution in [1.82, 2.24) is 0 Å². The summed E-state index contributed by atoms with van der Waals surface area (Å²) in [6.45, 7) is 3.67. The molecule has 0 aliphatic heterocycles. The summed E-state index contributed by atoms with van der Waals surface area (Å²) in [6.07, 6.45) is 76.5. The van der Waals surface area contributed by atoms with E-state index in [2.05, 4.69) is 62.5 Å². The predicted molar refractivity (Wildman–Crippen MR) is 321 cm³/mol. The largest absolute Gasteiger partial charge is 0.472 e. The number of carbonyl (C=O) groups is 2. The maximum Gasteiger partial charge on any atom is 0.472 e. The molecular formula is C65H122NO8P. The van der Waals surface area contributed by atoms with Crippen LogP contribution in [0.5, 0.6) is 0 Å². The van der Waals surface area contributed by atoms with Gasteiger partial charge in [0.05, 0.1) is 13.2 Å². The Kier molecular flexibility index (Phi) is 59.5. The van der Waals surface area contributed by atoms with Crippen LogP contribution in [-0.2, 0) is 32.7 Å². The van der Waals surface area contributed by atoms with Crippen LogP contribution < -0.4 is 5.73 Å². The number of nitrogens with two attached hydrogens (primary N) is 1. The van der Waals surface area contributed by atoms with Gasteiger partial charge < -0.3 is 20.1 Å². The lowest BCUT2D eigenvalue weighted by molar-refractivity contribution is -0.161. The Labute approximate surface area is 464 Å². The molecule has 0 aliphatic carbocycles. The number of phosphoric acid groups is 1. The second kappa shape index (κ2) is 61.2.